The zero-order chi connectivity index (χ0) is 17.3. The van der Waals surface area contributed by atoms with Gasteiger partial charge in [-0.05, 0) is 37.8 Å². The Kier molecular flexibility index (Phi) is 4.38. The van der Waals surface area contributed by atoms with Crippen LogP contribution in [0.5, 0.6) is 0 Å². The van der Waals surface area contributed by atoms with Crippen molar-refractivity contribution in [2.45, 2.75) is 39.3 Å². The fraction of sp³-hybridized carbons (Fsp3) is 0.389. The van der Waals surface area contributed by atoms with Crippen molar-refractivity contribution >= 4 is 11.8 Å². The normalized spacial score (nSPS) is 15.9. The third-order valence-corrected chi connectivity index (χ3v) is 4.56. The van der Waals surface area contributed by atoms with Gasteiger partial charge in [-0.2, -0.15) is 0 Å². The molecule has 0 unspecified atom stereocenters. The van der Waals surface area contributed by atoms with Gasteiger partial charge in [-0.25, -0.2) is 0 Å². The molecule has 1 aliphatic rings. The number of aromatic nitrogens is 1. The van der Waals surface area contributed by atoms with E-state index in [1.54, 1.807) is 14.0 Å². The van der Waals surface area contributed by atoms with Crippen molar-refractivity contribution in [3.05, 3.63) is 52.4 Å². The smallest absolute Gasteiger partial charge is 0.311 e. The van der Waals surface area contributed by atoms with Gasteiger partial charge in [-0.15, -0.1) is 0 Å². The Labute approximate surface area is 140 Å². The Bertz CT molecular complexity index is 762. The van der Waals surface area contributed by atoms with Gasteiger partial charge in [-0.3, -0.25) is 9.59 Å². The molecule has 2 aromatic rings. The van der Waals surface area contributed by atoms with Crippen molar-refractivity contribution in [2.24, 2.45) is 0 Å². The summed E-state index contributed by atoms with van der Waals surface area (Å²) >= 11 is 0. The molecule has 1 N–H and O–H groups in total. The third kappa shape index (κ3) is 3.04. The van der Waals surface area contributed by atoms with E-state index in [1.165, 1.54) is 10.5 Å². The van der Waals surface area contributed by atoms with Gasteiger partial charge in [0.1, 0.15) is 5.76 Å². The van der Waals surface area contributed by atoms with Crippen LogP contribution in [-0.4, -0.2) is 28.9 Å². The van der Waals surface area contributed by atoms with Crippen LogP contribution in [0.15, 0.2) is 28.8 Å². The number of nitrogens with zero attached hydrogens (tertiary/aromatic N) is 2. The molecule has 0 aliphatic heterocycles. The largest absolute Gasteiger partial charge is 0.361 e. The number of nitrogens with one attached hydrogen (secondary N) is 1. The summed E-state index contributed by atoms with van der Waals surface area (Å²) in [5.41, 5.74) is 3.91. The van der Waals surface area contributed by atoms with Crippen LogP contribution in [0.2, 0.25) is 0 Å². The summed E-state index contributed by atoms with van der Waals surface area (Å²) in [5, 5.41) is 6.72. The van der Waals surface area contributed by atoms with Crippen LogP contribution in [-0.2, 0) is 22.6 Å². The molecule has 1 aromatic heterocycles. The first-order chi connectivity index (χ1) is 11.5. The van der Waals surface area contributed by atoms with Crippen LogP contribution in [0.4, 0.5) is 0 Å². The van der Waals surface area contributed by atoms with Gasteiger partial charge in [0, 0.05) is 12.6 Å². The molecule has 3 rings (SSSR count). The van der Waals surface area contributed by atoms with Gasteiger partial charge in [0.2, 0.25) is 0 Å². The number of carbonyl (C=O) groups excluding carboxylic acids is 2. The lowest BCUT2D eigenvalue weighted by atomic mass is 10.1. The average Bonchev–Trinajstić information content (AvgIpc) is 3.12. The molecule has 0 spiro atoms. The molecule has 0 saturated carbocycles. The Balaban J connectivity index is 1.64. The second-order valence-electron chi connectivity index (χ2n) is 6.23. The lowest BCUT2D eigenvalue weighted by Gasteiger charge is -2.19. The number of rotatable bonds is 3. The van der Waals surface area contributed by atoms with E-state index in [9.17, 15) is 9.59 Å². The first-order valence-corrected chi connectivity index (χ1v) is 8.03. The molecule has 1 heterocycles. The number of likely N-dealkylation sites (N-methyl/N-ethyl adjacent to an activating group) is 1. The molecule has 6 nitrogen and oxygen atoms in total. The molecule has 126 valence electrons. The standard InChI is InChI=1S/C18H21N3O3/c1-11-15(12(2)24-20-11)10-21(3)18(23)17(22)19-16-9-8-13-6-4-5-7-14(13)16/h4-7,16H,8-10H2,1-3H3,(H,19,22)/t16-/m0/s1. The fourth-order valence-corrected chi connectivity index (χ4v) is 3.14. The molecule has 0 radical (unpaired) electrons. The Morgan fingerprint density at radius 3 is 2.79 bits per heavy atom. The number of carbonyl (C=O) groups is 2. The highest BCUT2D eigenvalue weighted by Gasteiger charge is 2.28. The minimum absolute atomic E-state index is 0.0925. The topological polar surface area (TPSA) is 75.4 Å². The van der Waals surface area contributed by atoms with Gasteiger partial charge < -0.3 is 14.7 Å². The Morgan fingerprint density at radius 2 is 2.08 bits per heavy atom. The SMILES string of the molecule is Cc1noc(C)c1CN(C)C(=O)C(=O)N[C@H]1CCc2ccccc21. The third-order valence-electron chi connectivity index (χ3n) is 4.56. The number of hydrogen-bond donors (Lipinski definition) is 1. The number of hydrogen-bond acceptors (Lipinski definition) is 4. The van der Waals surface area contributed by atoms with E-state index in [-0.39, 0.29) is 6.04 Å². The lowest BCUT2D eigenvalue weighted by molar-refractivity contribution is -0.145. The van der Waals surface area contributed by atoms with E-state index < -0.39 is 11.8 Å². The first kappa shape index (κ1) is 16.2. The van der Waals surface area contributed by atoms with E-state index in [4.69, 9.17) is 4.52 Å². The predicted octanol–water partition coefficient (Wildman–Crippen LogP) is 2.05. The van der Waals surface area contributed by atoms with Crippen molar-refractivity contribution in [1.29, 1.82) is 0 Å². The molecule has 0 bridgehead atoms. The second kappa shape index (κ2) is 6.47. The molecule has 2 amide bonds. The maximum atomic E-state index is 12.4. The summed E-state index contributed by atoms with van der Waals surface area (Å²) in [6.45, 7) is 3.91. The molecule has 0 fully saturated rings. The minimum atomic E-state index is -0.578. The highest BCUT2D eigenvalue weighted by Crippen LogP contribution is 2.30. The highest BCUT2D eigenvalue weighted by molar-refractivity contribution is 6.35. The van der Waals surface area contributed by atoms with E-state index in [1.807, 2.05) is 25.1 Å². The van der Waals surface area contributed by atoms with Crippen molar-refractivity contribution in [3.63, 3.8) is 0 Å². The van der Waals surface area contributed by atoms with Crippen LogP contribution < -0.4 is 5.32 Å². The lowest BCUT2D eigenvalue weighted by Crippen LogP contribution is -2.41. The molecular formula is C18H21N3O3. The summed E-state index contributed by atoms with van der Waals surface area (Å²) in [7, 11) is 1.61. The maximum absolute atomic E-state index is 12.4. The summed E-state index contributed by atoms with van der Waals surface area (Å²) in [6, 6.07) is 7.92. The van der Waals surface area contributed by atoms with Gasteiger partial charge in [0.05, 0.1) is 18.3 Å². The zero-order valence-corrected chi connectivity index (χ0v) is 14.1. The summed E-state index contributed by atoms with van der Waals surface area (Å²) in [6.07, 6.45) is 1.75. The number of fused-ring (bicyclic) bond motifs is 1. The Hall–Kier alpha value is -2.63. The van der Waals surface area contributed by atoms with Crippen LogP contribution >= 0.6 is 0 Å². The number of benzene rings is 1. The highest BCUT2D eigenvalue weighted by atomic mass is 16.5. The quantitative estimate of drug-likeness (QED) is 0.876. The van der Waals surface area contributed by atoms with Crippen molar-refractivity contribution < 1.29 is 14.1 Å². The molecule has 24 heavy (non-hydrogen) atoms. The van der Waals surface area contributed by atoms with Gasteiger partial charge in [-0.1, -0.05) is 29.4 Å². The van der Waals surface area contributed by atoms with Crippen LogP contribution in [0, 0.1) is 13.8 Å². The zero-order valence-electron chi connectivity index (χ0n) is 14.1. The van der Waals surface area contributed by atoms with E-state index in [2.05, 4.69) is 16.5 Å². The molecule has 1 atom stereocenters. The summed E-state index contributed by atoms with van der Waals surface area (Å²) < 4.78 is 5.09. The summed E-state index contributed by atoms with van der Waals surface area (Å²) in [4.78, 5) is 26.1. The van der Waals surface area contributed by atoms with Gasteiger partial charge >= 0.3 is 11.8 Å². The monoisotopic (exact) mass is 327 g/mol. The van der Waals surface area contributed by atoms with E-state index in [0.29, 0.717) is 12.3 Å². The van der Waals surface area contributed by atoms with Crippen LogP contribution in [0.25, 0.3) is 0 Å². The molecule has 1 aliphatic carbocycles. The van der Waals surface area contributed by atoms with Gasteiger partial charge in [0.25, 0.3) is 0 Å². The average molecular weight is 327 g/mol. The van der Waals surface area contributed by atoms with Crippen LogP contribution in [0.3, 0.4) is 0 Å². The Morgan fingerprint density at radius 1 is 1.33 bits per heavy atom. The van der Waals surface area contributed by atoms with E-state index in [0.717, 1.165) is 29.7 Å². The molecule has 1 aromatic carbocycles. The van der Waals surface area contributed by atoms with Crippen molar-refractivity contribution in [1.82, 2.24) is 15.4 Å². The van der Waals surface area contributed by atoms with Gasteiger partial charge in [0.15, 0.2) is 0 Å². The maximum Gasteiger partial charge on any atom is 0.311 e. The molecule has 6 heteroatoms. The van der Waals surface area contributed by atoms with E-state index >= 15 is 0 Å². The second-order valence-corrected chi connectivity index (χ2v) is 6.23. The van der Waals surface area contributed by atoms with Crippen molar-refractivity contribution in [2.75, 3.05) is 7.05 Å². The number of amides is 2. The first-order valence-electron chi connectivity index (χ1n) is 8.03. The predicted molar refractivity (Wildman–Crippen MR) is 88.1 cm³/mol. The fourth-order valence-electron chi connectivity index (χ4n) is 3.14. The summed E-state index contributed by atoms with van der Waals surface area (Å²) in [5.74, 6) is -0.470. The number of aryl methyl sites for hydroxylation is 3. The van der Waals surface area contributed by atoms with Crippen molar-refractivity contribution in [3.8, 4) is 0 Å². The molecule has 0 saturated heterocycles. The minimum Gasteiger partial charge on any atom is -0.361 e. The van der Waals surface area contributed by atoms with Crippen LogP contribution in [0.1, 0.15) is 40.6 Å². The molecular weight excluding hydrogens is 306 g/mol.